The van der Waals surface area contributed by atoms with Crippen LogP contribution in [0.2, 0.25) is 0 Å². The molecule has 0 aromatic rings. The van der Waals surface area contributed by atoms with E-state index >= 15 is 0 Å². The molecule has 0 heterocycles. The fourth-order valence-corrected chi connectivity index (χ4v) is 0.644. The van der Waals surface area contributed by atoms with Crippen molar-refractivity contribution < 1.29 is 4.74 Å². The van der Waals surface area contributed by atoms with E-state index in [1.807, 2.05) is 6.26 Å². The van der Waals surface area contributed by atoms with Crippen molar-refractivity contribution in [2.45, 2.75) is 39.5 Å². The minimum atomic E-state index is 0.850. The fourth-order valence-electron chi connectivity index (χ4n) is 0.644. The Bertz CT molecular complexity index is 66.8. The molecule has 0 spiro atoms. The Morgan fingerprint density at radius 1 is 1.20 bits per heavy atom. The van der Waals surface area contributed by atoms with Crippen LogP contribution >= 0.6 is 0 Å². The summed E-state index contributed by atoms with van der Waals surface area (Å²) in [5, 5.41) is 0. The number of rotatable bonds is 6. The van der Waals surface area contributed by atoms with Gasteiger partial charge >= 0.3 is 0 Å². The third-order valence-electron chi connectivity index (χ3n) is 1.24. The van der Waals surface area contributed by atoms with Gasteiger partial charge in [0.25, 0.3) is 0 Å². The lowest BCUT2D eigenvalue weighted by atomic mass is 10.2. The lowest BCUT2D eigenvalue weighted by molar-refractivity contribution is 0.249. The molecular weight excluding hydrogens is 124 g/mol. The molecule has 1 nitrogen and oxygen atoms in total. The minimum Gasteiger partial charge on any atom is -0.502 e. The van der Waals surface area contributed by atoms with E-state index in [1.54, 1.807) is 0 Å². The van der Waals surface area contributed by atoms with Crippen LogP contribution in [0.1, 0.15) is 39.5 Å². The summed E-state index contributed by atoms with van der Waals surface area (Å²) in [7, 11) is 0. The predicted molar refractivity (Wildman–Crippen MR) is 44.9 cm³/mol. The zero-order chi connectivity index (χ0) is 7.66. The van der Waals surface area contributed by atoms with Gasteiger partial charge in [0.1, 0.15) is 0 Å². The Hall–Kier alpha value is -0.460. The summed E-state index contributed by atoms with van der Waals surface area (Å²) in [6.07, 6.45) is 8.70. The molecule has 0 aromatic carbocycles. The van der Waals surface area contributed by atoms with E-state index in [0.717, 1.165) is 19.4 Å². The van der Waals surface area contributed by atoms with Gasteiger partial charge in [-0.05, 0) is 25.3 Å². The monoisotopic (exact) mass is 142 g/mol. The molecule has 60 valence electrons. The Balaban J connectivity index is 2.89. The molecule has 0 saturated heterocycles. The average Bonchev–Trinajstić information content (AvgIpc) is 1.97. The summed E-state index contributed by atoms with van der Waals surface area (Å²) in [6.45, 7) is 5.16. The normalized spacial score (nSPS) is 10.6. The highest BCUT2D eigenvalue weighted by atomic mass is 16.5. The highest BCUT2D eigenvalue weighted by molar-refractivity contribution is 4.72. The van der Waals surface area contributed by atoms with Gasteiger partial charge in [0, 0.05) is 0 Å². The van der Waals surface area contributed by atoms with Crippen molar-refractivity contribution in [2.75, 3.05) is 6.61 Å². The molecule has 0 aliphatic rings. The highest BCUT2D eigenvalue weighted by Crippen LogP contribution is 1.94. The second-order valence-electron chi connectivity index (χ2n) is 2.38. The highest BCUT2D eigenvalue weighted by Gasteiger charge is 1.77. The lowest BCUT2D eigenvalue weighted by Gasteiger charge is -1.94. The van der Waals surface area contributed by atoms with Crippen molar-refractivity contribution in [1.82, 2.24) is 0 Å². The number of unbranched alkanes of at least 4 members (excludes halogenated alkanes) is 2. The van der Waals surface area contributed by atoms with E-state index in [-0.39, 0.29) is 0 Å². The first kappa shape index (κ1) is 9.54. The van der Waals surface area contributed by atoms with Crippen molar-refractivity contribution in [3.05, 3.63) is 12.3 Å². The summed E-state index contributed by atoms with van der Waals surface area (Å²) in [4.78, 5) is 0. The first-order valence-corrected chi connectivity index (χ1v) is 4.18. The number of hydrogen-bond acceptors (Lipinski definition) is 1. The molecule has 0 amide bonds. The van der Waals surface area contributed by atoms with Crippen LogP contribution in [0.4, 0.5) is 0 Å². The van der Waals surface area contributed by atoms with Gasteiger partial charge in [-0.1, -0.05) is 20.3 Å². The summed E-state index contributed by atoms with van der Waals surface area (Å²) >= 11 is 0. The fraction of sp³-hybridized carbons (Fsp3) is 0.778. The molecule has 0 radical (unpaired) electrons. The molecule has 0 rings (SSSR count). The summed E-state index contributed by atoms with van der Waals surface area (Å²) in [6, 6.07) is 0. The second-order valence-corrected chi connectivity index (χ2v) is 2.38. The molecule has 10 heavy (non-hydrogen) atoms. The van der Waals surface area contributed by atoms with Crippen molar-refractivity contribution in [2.24, 2.45) is 0 Å². The molecule has 0 fully saturated rings. The van der Waals surface area contributed by atoms with E-state index < -0.39 is 0 Å². The second kappa shape index (κ2) is 8.54. The summed E-state index contributed by atoms with van der Waals surface area (Å²) < 4.78 is 5.15. The summed E-state index contributed by atoms with van der Waals surface area (Å²) in [5.41, 5.74) is 0. The van der Waals surface area contributed by atoms with Crippen LogP contribution in [-0.2, 0) is 4.74 Å². The van der Waals surface area contributed by atoms with Gasteiger partial charge in [0.15, 0.2) is 0 Å². The van der Waals surface area contributed by atoms with Gasteiger partial charge in [0.2, 0.25) is 0 Å². The van der Waals surface area contributed by atoms with Crippen LogP contribution in [0.25, 0.3) is 0 Å². The number of allylic oxidation sites excluding steroid dienone is 1. The van der Waals surface area contributed by atoms with Crippen LogP contribution < -0.4 is 0 Å². The van der Waals surface area contributed by atoms with Gasteiger partial charge in [-0.3, -0.25) is 0 Å². The largest absolute Gasteiger partial charge is 0.502 e. The zero-order valence-corrected chi connectivity index (χ0v) is 7.10. The van der Waals surface area contributed by atoms with E-state index in [4.69, 9.17) is 4.74 Å². The number of ether oxygens (including phenoxy) is 1. The van der Waals surface area contributed by atoms with Gasteiger partial charge in [-0.25, -0.2) is 0 Å². The Kier molecular flexibility index (Phi) is 8.15. The topological polar surface area (TPSA) is 9.23 Å². The molecule has 0 aliphatic carbocycles. The van der Waals surface area contributed by atoms with Crippen LogP contribution in [0.5, 0.6) is 0 Å². The van der Waals surface area contributed by atoms with Crippen molar-refractivity contribution in [3.8, 4) is 0 Å². The third-order valence-corrected chi connectivity index (χ3v) is 1.24. The van der Waals surface area contributed by atoms with Crippen LogP contribution in [0.15, 0.2) is 12.3 Å². The maximum Gasteiger partial charge on any atom is 0.0870 e. The lowest BCUT2D eigenvalue weighted by Crippen LogP contribution is -1.81. The van der Waals surface area contributed by atoms with Gasteiger partial charge in [0.05, 0.1) is 12.9 Å². The Labute approximate surface area is 64.1 Å². The molecule has 0 aromatic heterocycles. The minimum absolute atomic E-state index is 0.850. The predicted octanol–water partition coefficient (Wildman–Crippen LogP) is 3.12. The molecule has 1 heteroatoms. The summed E-state index contributed by atoms with van der Waals surface area (Å²) in [5.74, 6) is 0. The van der Waals surface area contributed by atoms with E-state index in [0.29, 0.717) is 0 Å². The van der Waals surface area contributed by atoms with Crippen molar-refractivity contribution in [1.29, 1.82) is 0 Å². The van der Waals surface area contributed by atoms with Gasteiger partial charge < -0.3 is 4.74 Å². The average molecular weight is 142 g/mol. The van der Waals surface area contributed by atoms with Crippen LogP contribution in [0.3, 0.4) is 0 Å². The molecule has 0 aliphatic heterocycles. The van der Waals surface area contributed by atoms with Crippen molar-refractivity contribution >= 4 is 0 Å². The SMILES string of the molecule is CCCC/C=C\OCCC. The maximum atomic E-state index is 5.15. The van der Waals surface area contributed by atoms with Gasteiger partial charge in [-0.15, -0.1) is 0 Å². The third kappa shape index (κ3) is 7.54. The quantitative estimate of drug-likeness (QED) is 0.409. The molecule has 0 unspecified atom stereocenters. The number of hydrogen-bond donors (Lipinski definition) is 0. The smallest absolute Gasteiger partial charge is 0.0870 e. The molecule has 0 saturated carbocycles. The molecule has 0 N–H and O–H groups in total. The molecular formula is C9H18O. The Morgan fingerprint density at radius 2 is 2.00 bits per heavy atom. The zero-order valence-electron chi connectivity index (χ0n) is 7.10. The van der Waals surface area contributed by atoms with Crippen molar-refractivity contribution in [3.63, 3.8) is 0 Å². The van der Waals surface area contributed by atoms with E-state index in [2.05, 4.69) is 19.9 Å². The van der Waals surface area contributed by atoms with Gasteiger partial charge in [-0.2, -0.15) is 0 Å². The van der Waals surface area contributed by atoms with Crippen LogP contribution in [-0.4, -0.2) is 6.61 Å². The standard InChI is InChI=1S/C9H18O/c1-3-5-6-7-9-10-8-4-2/h7,9H,3-6,8H2,1-2H3/b9-7-. The maximum absolute atomic E-state index is 5.15. The Morgan fingerprint density at radius 3 is 2.60 bits per heavy atom. The molecule has 0 bridgehead atoms. The first-order chi connectivity index (χ1) is 4.91. The van der Waals surface area contributed by atoms with E-state index in [9.17, 15) is 0 Å². The van der Waals surface area contributed by atoms with E-state index in [1.165, 1.54) is 12.8 Å². The first-order valence-electron chi connectivity index (χ1n) is 4.18. The molecule has 0 atom stereocenters. The van der Waals surface area contributed by atoms with Crippen LogP contribution in [0, 0.1) is 0 Å².